The Labute approximate surface area is 116 Å². The molecular weight excluding hydrogens is 238 g/mol. The molecule has 2 unspecified atom stereocenters. The van der Waals surface area contributed by atoms with Crippen molar-refractivity contribution in [1.29, 1.82) is 0 Å². The van der Waals surface area contributed by atoms with Crippen LogP contribution in [-0.2, 0) is 0 Å². The quantitative estimate of drug-likeness (QED) is 0.829. The second-order valence-electron chi connectivity index (χ2n) is 5.75. The summed E-state index contributed by atoms with van der Waals surface area (Å²) in [5, 5.41) is 12.7. The molecule has 0 radical (unpaired) electrons. The van der Waals surface area contributed by atoms with Gasteiger partial charge in [0.05, 0.1) is 7.11 Å². The van der Waals surface area contributed by atoms with Crippen LogP contribution in [0.15, 0.2) is 24.3 Å². The first-order valence-electron chi connectivity index (χ1n) is 7.15. The highest BCUT2D eigenvalue weighted by Crippen LogP contribution is 2.37. The summed E-state index contributed by atoms with van der Waals surface area (Å²) in [6, 6.07) is 9.38. The molecule has 1 saturated carbocycles. The van der Waals surface area contributed by atoms with Gasteiger partial charge in [0.2, 0.25) is 0 Å². The number of methoxy groups -OCH3 is 1. The van der Waals surface area contributed by atoms with Crippen molar-refractivity contribution in [2.75, 3.05) is 13.7 Å². The minimum absolute atomic E-state index is 0.253. The van der Waals surface area contributed by atoms with Gasteiger partial charge >= 0.3 is 0 Å². The molecule has 1 aliphatic rings. The van der Waals surface area contributed by atoms with Crippen molar-refractivity contribution >= 4 is 0 Å². The highest BCUT2D eigenvalue weighted by Gasteiger charge is 2.31. The van der Waals surface area contributed by atoms with Crippen LogP contribution in [0, 0.1) is 5.92 Å². The van der Waals surface area contributed by atoms with Crippen LogP contribution in [0.1, 0.15) is 38.2 Å². The van der Waals surface area contributed by atoms with Gasteiger partial charge < -0.3 is 15.2 Å². The van der Waals surface area contributed by atoms with Crippen LogP contribution < -0.4 is 10.1 Å². The Hall–Kier alpha value is -1.06. The number of ether oxygens (including phenoxy) is 1. The van der Waals surface area contributed by atoms with E-state index in [-0.39, 0.29) is 6.61 Å². The molecule has 0 amide bonds. The van der Waals surface area contributed by atoms with Crippen molar-refractivity contribution < 1.29 is 9.84 Å². The van der Waals surface area contributed by atoms with Gasteiger partial charge in [-0.05, 0) is 49.3 Å². The van der Waals surface area contributed by atoms with Crippen LogP contribution in [0.4, 0.5) is 0 Å². The third kappa shape index (κ3) is 3.48. The molecule has 2 atom stereocenters. The fraction of sp³-hybridized carbons (Fsp3) is 0.625. The summed E-state index contributed by atoms with van der Waals surface area (Å²) in [7, 11) is 1.70. The van der Waals surface area contributed by atoms with E-state index in [9.17, 15) is 0 Å². The van der Waals surface area contributed by atoms with Crippen molar-refractivity contribution in [1.82, 2.24) is 5.32 Å². The lowest BCUT2D eigenvalue weighted by Gasteiger charge is -2.39. The molecule has 19 heavy (non-hydrogen) atoms. The van der Waals surface area contributed by atoms with Crippen LogP contribution in [0.2, 0.25) is 0 Å². The Morgan fingerprint density at radius 3 is 2.42 bits per heavy atom. The summed E-state index contributed by atoms with van der Waals surface area (Å²) in [5.74, 6) is 1.91. The van der Waals surface area contributed by atoms with E-state index in [4.69, 9.17) is 9.84 Å². The molecule has 1 fully saturated rings. The van der Waals surface area contributed by atoms with E-state index in [0.717, 1.165) is 5.75 Å². The van der Waals surface area contributed by atoms with E-state index in [2.05, 4.69) is 31.3 Å². The number of benzene rings is 1. The predicted molar refractivity (Wildman–Crippen MR) is 77.6 cm³/mol. The van der Waals surface area contributed by atoms with E-state index in [1.807, 2.05) is 12.1 Å². The molecule has 0 aromatic heterocycles. The van der Waals surface area contributed by atoms with Gasteiger partial charge in [-0.1, -0.05) is 19.1 Å². The van der Waals surface area contributed by atoms with Crippen molar-refractivity contribution in [2.24, 2.45) is 5.92 Å². The second kappa shape index (κ2) is 6.40. The summed E-state index contributed by atoms with van der Waals surface area (Å²) in [6.07, 6.45) is 2.38. The summed E-state index contributed by atoms with van der Waals surface area (Å²) in [6.45, 7) is 4.49. The number of hydrogen-bond acceptors (Lipinski definition) is 3. The number of aliphatic hydroxyl groups excluding tert-OH is 1. The molecule has 0 heterocycles. The van der Waals surface area contributed by atoms with Gasteiger partial charge in [0, 0.05) is 18.7 Å². The maximum absolute atomic E-state index is 9.14. The summed E-state index contributed by atoms with van der Waals surface area (Å²) < 4.78 is 5.18. The van der Waals surface area contributed by atoms with Crippen molar-refractivity contribution in [3.05, 3.63) is 29.8 Å². The maximum Gasteiger partial charge on any atom is 0.118 e. The first-order valence-corrected chi connectivity index (χ1v) is 7.15. The monoisotopic (exact) mass is 263 g/mol. The molecular formula is C16H25NO2. The van der Waals surface area contributed by atoms with Gasteiger partial charge in [0.25, 0.3) is 0 Å². The van der Waals surface area contributed by atoms with E-state index >= 15 is 0 Å². The summed E-state index contributed by atoms with van der Waals surface area (Å²) in [5.41, 5.74) is 1.40. The zero-order valence-electron chi connectivity index (χ0n) is 12.1. The smallest absolute Gasteiger partial charge is 0.118 e. The molecule has 3 heteroatoms. The number of hydrogen-bond donors (Lipinski definition) is 2. The van der Waals surface area contributed by atoms with Gasteiger partial charge in [-0.15, -0.1) is 0 Å². The lowest BCUT2D eigenvalue weighted by atomic mass is 9.75. The van der Waals surface area contributed by atoms with Gasteiger partial charge in [0.15, 0.2) is 0 Å². The molecule has 2 N–H and O–H groups in total. The predicted octanol–water partition coefficient (Wildman–Crippen LogP) is 2.55. The maximum atomic E-state index is 9.14. The van der Waals surface area contributed by atoms with Crippen LogP contribution in [-0.4, -0.2) is 30.9 Å². The van der Waals surface area contributed by atoms with Crippen molar-refractivity contribution in [3.8, 4) is 5.75 Å². The van der Waals surface area contributed by atoms with Crippen LogP contribution >= 0.6 is 0 Å². The van der Waals surface area contributed by atoms with E-state index in [0.29, 0.717) is 23.9 Å². The fourth-order valence-electron chi connectivity index (χ4n) is 2.60. The molecule has 0 aliphatic heterocycles. The third-order valence-electron chi connectivity index (χ3n) is 4.37. The molecule has 0 bridgehead atoms. The van der Waals surface area contributed by atoms with E-state index in [1.165, 1.54) is 18.4 Å². The molecule has 2 rings (SSSR count). The van der Waals surface area contributed by atoms with Crippen molar-refractivity contribution in [2.45, 2.75) is 44.7 Å². The molecule has 3 nitrogen and oxygen atoms in total. The molecule has 0 saturated heterocycles. The normalized spacial score (nSPS) is 25.5. The lowest BCUT2D eigenvalue weighted by Crippen LogP contribution is -2.47. The van der Waals surface area contributed by atoms with Gasteiger partial charge in [0.1, 0.15) is 5.75 Å². The summed E-state index contributed by atoms with van der Waals surface area (Å²) >= 11 is 0. The number of aliphatic hydroxyl groups is 1. The topological polar surface area (TPSA) is 41.5 Å². The molecule has 0 spiro atoms. The van der Waals surface area contributed by atoms with E-state index < -0.39 is 0 Å². The minimum Gasteiger partial charge on any atom is -0.497 e. The second-order valence-corrected chi connectivity index (χ2v) is 5.75. The van der Waals surface area contributed by atoms with Gasteiger partial charge in [-0.3, -0.25) is 0 Å². The number of rotatable bonds is 6. The Morgan fingerprint density at radius 1 is 1.26 bits per heavy atom. The lowest BCUT2D eigenvalue weighted by molar-refractivity contribution is 0.180. The molecule has 1 aromatic rings. The Morgan fingerprint density at radius 2 is 1.89 bits per heavy atom. The standard InChI is InChI=1S/C16H25NO2/c1-11(10-18)12(2)17-15-8-14(9-15)13-4-6-16(19-3)7-5-13/h4-7,11-12,14-15,17-18H,8-10H2,1-3H3. The SMILES string of the molecule is COc1ccc(C2CC(NC(C)C(C)CO)C2)cc1. The molecule has 1 aromatic carbocycles. The Bertz CT molecular complexity index is 384. The zero-order chi connectivity index (χ0) is 13.8. The highest BCUT2D eigenvalue weighted by atomic mass is 16.5. The third-order valence-corrected chi connectivity index (χ3v) is 4.37. The van der Waals surface area contributed by atoms with Crippen LogP contribution in [0.5, 0.6) is 5.75 Å². The average molecular weight is 263 g/mol. The highest BCUT2D eigenvalue weighted by molar-refractivity contribution is 5.30. The average Bonchev–Trinajstić information content (AvgIpc) is 2.41. The molecule has 106 valence electrons. The minimum atomic E-state index is 0.253. The summed E-state index contributed by atoms with van der Waals surface area (Å²) in [4.78, 5) is 0. The first kappa shape index (κ1) is 14.4. The Kier molecular flexibility index (Phi) is 4.83. The van der Waals surface area contributed by atoms with Crippen LogP contribution in [0.3, 0.4) is 0 Å². The fourth-order valence-corrected chi connectivity index (χ4v) is 2.60. The number of nitrogens with one attached hydrogen (secondary N) is 1. The first-order chi connectivity index (χ1) is 9.13. The van der Waals surface area contributed by atoms with Crippen molar-refractivity contribution in [3.63, 3.8) is 0 Å². The Balaban J connectivity index is 1.79. The largest absolute Gasteiger partial charge is 0.497 e. The zero-order valence-corrected chi connectivity index (χ0v) is 12.1. The van der Waals surface area contributed by atoms with Gasteiger partial charge in [-0.2, -0.15) is 0 Å². The van der Waals surface area contributed by atoms with Gasteiger partial charge in [-0.25, -0.2) is 0 Å². The van der Waals surface area contributed by atoms with E-state index in [1.54, 1.807) is 7.11 Å². The molecule has 1 aliphatic carbocycles. The van der Waals surface area contributed by atoms with Crippen LogP contribution in [0.25, 0.3) is 0 Å².